The van der Waals surface area contributed by atoms with E-state index >= 15 is 0 Å². The number of nitrogens with zero attached hydrogens (tertiary/aromatic N) is 5. The number of methoxy groups -OCH3 is 1. The Kier molecular flexibility index (Phi) is 5.74. The third-order valence-corrected chi connectivity index (χ3v) is 4.16. The van der Waals surface area contributed by atoms with Crippen molar-refractivity contribution in [3.05, 3.63) is 0 Å². The van der Waals surface area contributed by atoms with Crippen molar-refractivity contribution < 1.29 is 14.3 Å². The number of hydrogen-bond acceptors (Lipinski definition) is 8. The third-order valence-electron chi connectivity index (χ3n) is 3.07. The molecule has 0 bridgehead atoms. The number of hydrogen-bond donors (Lipinski definition) is 0. The van der Waals surface area contributed by atoms with E-state index in [1.54, 1.807) is 0 Å². The van der Waals surface area contributed by atoms with Crippen molar-refractivity contribution in [3.63, 3.8) is 0 Å². The highest BCUT2D eigenvalue weighted by molar-refractivity contribution is 7.99. The molecule has 0 amide bonds. The molecule has 8 nitrogen and oxygen atoms in total. The fourth-order valence-corrected chi connectivity index (χ4v) is 2.80. The Morgan fingerprint density at radius 3 is 3.20 bits per heavy atom. The molecule has 20 heavy (non-hydrogen) atoms. The van der Waals surface area contributed by atoms with Gasteiger partial charge in [0.1, 0.15) is 6.54 Å². The van der Waals surface area contributed by atoms with Gasteiger partial charge in [-0.3, -0.25) is 9.69 Å². The number of esters is 1. The van der Waals surface area contributed by atoms with Gasteiger partial charge in [0.2, 0.25) is 5.16 Å². The average molecular weight is 301 g/mol. The van der Waals surface area contributed by atoms with E-state index in [1.165, 1.54) is 23.6 Å². The van der Waals surface area contributed by atoms with Crippen LogP contribution in [0, 0.1) is 0 Å². The van der Waals surface area contributed by atoms with Crippen LogP contribution in [-0.4, -0.2) is 76.3 Å². The molecule has 0 radical (unpaired) electrons. The molecule has 0 saturated carbocycles. The summed E-state index contributed by atoms with van der Waals surface area (Å²) in [5, 5.41) is 11.9. The van der Waals surface area contributed by atoms with Gasteiger partial charge in [-0.2, -0.15) is 0 Å². The Labute approximate surface area is 121 Å². The molecule has 1 saturated heterocycles. The van der Waals surface area contributed by atoms with E-state index in [9.17, 15) is 4.79 Å². The van der Waals surface area contributed by atoms with Gasteiger partial charge in [-0.25, -0.2) is 4.68 Å². The number of likely N-dealkylation sites (N-methyl/N-ethyl adjacent to an activating group) is 1. The summed E-state index contributed by atoms with van der Waals surface area (Å²) in [7, 11) is 1.34. The largest absolute Gasteiger partial charge is 0.468 e. The molecule has 1 aromatic rings. The number of morpholine rings is 1. The maximum atomic E-state index is 11.2. The van der Waals surface area contributed by atoms with Gasteiger partial charge in [0.15, 0.2) is 0 Å². The second-order valence-electron chi connectivity index (χ2n) is 4.39. The molecule has 0 spiro atoms. The summed E-state index contributed by atoms with van der Waals surface area (Å²) in [6, 6.07) is 0. The maximum Gasteiger partial charge on any atom is 0.327 e. The van der Waals surface area contributed by atoms with Crippen molar-refractivity contribution in [3.8, 4) is 0 Å². The highest BCUT2D eigenvalue weighted by Gasteiger charge is 2.21. The number of ether oxygens (including phenoxy) is 2. The summed E-state index contributed by atoms with van der Waals surface area (Å²) in [6.07, 6.45) is 0.164. The Morgan fingerprint density at radius 2 is 2.45 bits per heavy atom. The molecule has 2 rings (SSSR count). The van der Waals surface area contributed by atoms with Gasteiger partial charge in [-0.05, 0) is 17.0 Å². The lowest BCUT2D eigenvalue weighted by Crippen LogP contribution is -2.43. The zero-order valence-corrected chi connectivity index (χ0v) is 12.5. The number of carbonyl (C=O) groups is 1. The lowest BCUT2D eigenvalue weighted by molar-refractivity contribution is -0.141. The van der Waals surface area contributed by atoms with E-state index in [0.29, 0.717) is 5.16 Å². The minimum Gasteiger partial charge on any atom is -0.468 e. The zero-order valence-electron chi connectivity index (χ0n) is 11.7. The molecule has 112 valence electrons. The topological polar surface area (TPSA) is 82.4 Å². The summed E-state index contributed by atoms with van der Waals surface area (Å²) in [5.41, 5.74) is 0. The molecule has 1 aromatic heterocycles. The number of carbonyl (C=O) groups excluding carboxylic acids is 1. The van der Waals surface area contributed by atoms with Gasteiger partial charge in [-0.15, -0.1) is 5.10 Å². The van der Waals surface area contributed by atoms with Gasteiger partial charge in [-0.1, -0.05) is 18.7 Å². The molecule has 1 fully saturated rings. The fraction of sp³-hybridized carbons (Fsp3) is 0.818. The van der Waals surface area contributed by atoms with E-state index in [-0.39, 0.29) is 18.6 Å². The monoisotopic (exact) mass is 301 g/mol. The number of tetrazole rings is 1. The zero-order chi connectivity index (χ0) is 14.4. The van der Waals surface area contributed by atoms with Crippen molar-refractivity contribution in [2.75, 3.05) is 39.1 Å². The van der Waals surface area contributed by atoms with Crippen LogP contribution in [0.25, 0.3) is 0 Å². The first kappa shape index (κ1) is 15.2. The minimum absolute atomic E-state index is 0.0262. The van der Waals surface area contributed by atoms with Crippen LogP contribution in [0.15, 0.2) is 5.16 Å². The van der Waals surface area contributed by atoms with Crippen LogP contribution in [-0.2, 0) is 20.8 Å². The van der Waals surface area contributed by atoms with Gasteiger partial charge in [0, 0.05) is 18.8 Å². The Balaban J connectivity index is 1.84. The van der Waals surface area contributed by atoms with Crippen LogP contribution >= 0.6 is 11.8 Å². The van der Waals surface area contributed by atoms with Crippen molar-refractivity contribution in [2.24, 2.45) is 0 Å². The lowest BCUT2D eigenvalue weighted by Gasteiger charge is -2.31. The van der Waals surface area contributed by atoms with Gasteiger partial charge in [0.05, 0.1) is 19.8 Å². The summed E-state index contributed by atoms with van der Waals surface area (Å²) in [4.78, 5) is 13.6. The second kappa shape index (κ2) is 7.55. The molecule has 0 N–H and O–H groups in total. The minimum atomic E-state index is -0.370. The van der Waals surface area contributed by atoms with Crippen molar-refractivity contribution >= 4 is 17.7 Å². The molecule has 1 aliphatic rings. The molecular formula is C11H19N5O3S. The van der Waals surface area contributed by atoms with E-state index in [0.717, 1.165) is 32.0 Å². The van der Waals surface area contributed by atoms with Crippen molar-refractivity contribution in [1.82, 2.24) is 25.1 Å². The fourth-order valence-electron chi connectivity index (χ4n) is 1.92. The molecule has 0 aromatic carbocycles. The predicted molar refractivity (Wildman–Crippen MR) is 72.4 cm³/mol. The van der Waals surface area contributed by atoms with Crippen LogP contribution in [0.2, 0.25) is 0 Å². The smallest absolute Gasteiger partial charge is 0.327 e. The molecule has 1 aliphatic heterocycles. The molecule has 0 aliphatic carbocycles. The van der Waals surface area contributed by atoms with Crippen LogP contribution < -0.4 is 0 Å². The summed E-state index contributed by atoms with van der Waals surface area (Å²) in [5.74, 6) is 0.392. The standard InChI is InChI=1S/C11H19N5O3S/c1-3-15-4-5-19-9(6-15)8-20-11-12-13-14-16(11)7-10(17)18-2/h9H,3-8H2,1-2H3. The van der Waals surface area contributed by atoms with Crippen molar-refractivity contribution in [2.45, 2.75) is 24.7 Å². The van der Waals surface area contributed by atoms with E-state index in [1.807, 2.05) is 0 Å². The number of aromatic nitrogens is 4. The second-order valence-corrected chi connectivity index (χ2v) is 5.38. The molecule has 1 unspecified atom stereocenters. The summed E-state index contributed by atoms with van der Waals surface area (Å²) < 4.78 is 11.8. The Hall–Kier alpha value is -1.19. The molecular weight excluding hydrogens is 282 g/mol. The maximum absolute atomic E-state index is 11.2. The van der Waals surface area contributed by atoms with E-state index in [4.69, 9.17) is 4.74 Å². The normalized spacial score (nSPS) is 20.0. The van der Waals surface area contributed by atoms with Gasteiger partial charge in [0.25, 0.3) is 0 Å². The Bertz CT molecular complexity index is 441. The molecule has 1 atom stereocenters. The average Bonchev–Trinajstić information content (AvgIpc) is 2.92. The molecule has 9 heteroatoms. The first-order valence-electron chi connectivity index (χ1n) is 6.52. The van der Waals surface area contributed by atoms with Crippen LogP contribution in [0.1, 0.15) is 6.92 Å². The Morgan fingerprint density at radius 1 is 1.60 bits per heavy atom. The number of rotatable bonds is 6. The van der Waals surface area contributed by atoms with E-state index in [2.05, 4.69) is 32.1 Å². The third kappa shape index (κ3) is 4.15. The predicted octanol–water partition coefficient (Wildman–Crippen LogP) is -0.341. The van der Waals surface area contributed by atoms with Gasteiger partial charge < -0.3 is 9.47 Å². The summed E-state index contributed by atoms with van der Waals surface area (Å²) in [6.45, 7) is 5.86. The van der Waals surface area contributed by atoms with Crippen molar-refractivity contribution in [1.29, 1.82) is 0 Å². The first-order valence-corrected chi connectivity index (χ1v) is 7.51. The lowest BCUT2D eigenvalue weighted by atomic mass is 10.3. The SMILES string of the molecule is CCN1CCOC(CSc2nnnn2CC(=O)OC)C1. The highest BCUT2D eigenvalue weighted by atomic mass is 32.2. The van der Waals surface area contributed by atoms with Crippen LogP contribution in [0.5, 0.6) is 0 Å². The van der Waals surface area contributed by atoms with E-state index < -0.39 is 0 Å². The first-order chi connectivity index (χ1) is 9.72. The summed E-state index contributed by atoms with van der Waals surface area (Å²) >= 11 is 1.49. The van der Waals surface area contributed by atoms with Crippen LogP contribution in [0.3, 0.4) is 0 Å². The molecule has 2 heterocycles. The quantitative estimate of drug-likeness (QED) is 0.521. The number of thioether (sulfide) groups is 1. The highest BCUT2D eigenvalue weighted by Crippen LogP contribution is 2.18. The van der Waals surface area contributed by atoms with Crippen LogP contribution in [0.4, 0.5) is 0 Å². The van der Waals surface area contributed by atoms with Gasteiger partial charge >= 0.3 is 5.97 Å².